The molecule has 0 fully saturated rings. The quantitative estimate of drug-likeness (QED) is 0.555. The van der Waals surface area contributed by atoms with Gasteiger partial charge in [-0.1, -0.05) is 18.5 Å². The van der Waals surface area contributed by atoms with Crippen LogP contribution in [0.1, 0.15) is 25.6 Å². The van der Waals surface area contributed by atoms with E-state index in [1.807, 2.05) is 14.1 Å². The molecule has 96 valence electrons. The second kappa shape index (κ2) is 7.45. The highest BCUT2D eigenvalue weighted by Crippen LogP contribution is 2.14. The van der Waals surface area contributed by atoms with Crippen LogP contribution in [0.25, 0.3) is 0 Å². The van der Waals surface area contributed by atoms with E-state index in [0.29, 0.717) is 17.6 Å². The Morgan fingerprint density at radius 3 is 2.76 bits per heavy atom. The van der Waals surface area contributed by atoms with Crippen LogP contribution in [0.3, 0.4) is 0 Å². The maximum Gasteiger partial charge on any atom is 0.218 e. The molecule has 0 unspecified atom stereocenters. The molecule has 0 aliphatic rings. The summed E-state index contributed by atoms with van der Waals surface area (Å²) in [6, 6.07) is 1.66. The highest BCUT2D eigenvalue weighted by Gasteiger charge is 2.03. The Bertz CT molecular complexity index is 345. The van der Waals surface area contributed by atoms with E-state index in [4.69, 9.17) is 16.3 Å². The van der Waals surface area contributed by atoms with E-state index < -0.39 is 0 Å². The molecule has 0 aliphatic carbocycles. The molecule has 0 amide bonds. The lowest BCUT2D eigenvalue weighted by molar-refractivity contribution is 0.272. The summed E-state index contributed by atoms with van der Waals surface area (Å²) in [4.78, 5) is 10.6. The van der Waals surface area contributed by atoms with E-state index >= 15 is 0 Å². The predicted molar refractivity (Wildman–Crippen MR) is 69.7 cm³/mol. The first-order valence-electron chi connectivity index (χ1n) is 5.92. The van der Waals surface area contributed by atoms with E-state index in [1.165, 1.54) is 0 Å². The van der Waals surface area contributed by atoms with Crippen molar-refractivity contribution in [3.8, 4) is 5.88 Å². The molecule has 1 aromatic rings. The fourth-order valence-electron chi connectivity index (χ4n) is 1.41. The molecule has 0 saturated heterocycles. The third-order valence-electron chi connectivity index (χ3n) is 2.19. The normalized spacial score (nSPS) is 10.9. The molecular weight excluding hydrogens is 238 g/mol. The first-order chi connectivity index (χ1) is 8.11. The Kier molecular flexibility index (Phi) is 6.22. The molecule has 1 aromatic heterocycles. The molecule has 17 heavy (non-hydrogen) atoms. The minimum Gasteiger partial charge on any atom is -0.477 e. The van der Waals surface area contributed by atoms with Crippen LogP contribution in [-0.4, -0.2) is 42.1 Å². The lowest BCUT2D eigenvalue weighted by Gasteiger charge is -2.10. The van der Waals surface area contributed by atoms with E-state index in [2.05, 4.69) is 21.8 Å². The molecule has 5 heteroatoms. The Balaban J connectivity index is 2.46. The summed E-state index contributed by atoms with van der Waals surface area (Å²) in [7, 11) is 4.09. The highest BCUT2D eigenvalue weighted by molar-refractivity contribution is 6.29. The van der Waals surface area contributed by atoms with Gasteiger partial charge in [-0.2, -0.15) is 4.98 Å². The standard InChI is InChI=1S/C12H20ClN3O/c1-4-6-11-14-10(13)9-12(15-11)17-8-5-7-16(2)3/h9H,4-8H2,1-3H3. The van der Waals surface area contributed by atoms with Gasteiger partial charge in [0.25, 0.3) is 0 Å². The zero-order valence-electron chi connectivity index (χ0n) is 10.7. The van der Waals surface area contributed by atoms with Crippen molar-refractivity contribution in [2.24, 2.45) is 0 Å². The molecular formula is C12H20ClN3O. The minimum atomic E-state index is 0.450. The number of hydrogen-bond acceptors (Lipinski definition) is 4. The summed E-state index contributed by atoms with van der Waals surface area (Å²) in [6.45, 7) is 3.74. The summed E-state index contributed by atoms with van der Waals surface area (Å²) in [5.41, 5.74) is 0. The zero-order chi connectivity index (χ0) is 12.7. The van der Waals surface area contributed by atoms with Crippen molar-refractivity contribution >= 4 is 11.6 Å². The molecule has 0 saturated carbocycles. The van der Waals surface area contributed by atoms with E-state index in [1.54, 1.807) is 6.07 Å². The maximum absolute atomic E-state index is 5.91. The molecule has 0 aromatic carbocycles. The summed E-state index contributed by atoms with van der Waals surface area (Å²) >= 11 is 5.91. The molecule has 0 aliphatic heterocycles. The SMILES string of the molecule is CCCc1nc(Cl)cc(OCCCN(C)C)n1. The molecule has 4 nitrogen and oxygen atoms in total. The van der Waals surface area contributed by atoms with Crippen LogP contribution < -0.4 is 4.74 Å². The predicted octanol–water partition coefficient (Wildman–Crippen LogP) is 2.41. The van der Waals surface area contributed by atoms with E-state index in [9.17, 15) is 0 Å². The van der Waals surface area contributed by atoms with Crippen molar-refractivity contribution in [2.75, 3.05) is 27.2 Å². The van der Waals surface area contributed by atoms with E-state index in [0.717, 1.165) is 31.6 Å². The fourth-order valence-corrected chi connectivity index (χ4v) is 1.60. The lowest BCUT2D eigenvalue weighted by Crippen LogP contribution is -2.15. The summed E-state index contributed by atoms with van der Waals surface area (Å²) < 4.78 is 5.56. The highest BCUT2D eigenvalue weighted by atomic mass is 35.5. The molecule has 0 N–H and O–H groups in total. The fraction of sp³-hybridized carbons (Fsp3) is 0.667. The summed E-state index contributed by atoms with van der Waals surface area (Å²) in [5, 5.41) is 0.450. The Morgan fingerprint density at radius 1 is 1.35 bits per heavy atom. The van der Waals surface area contributed by atoms with Crippen molar-refractivity contribution in [3.05, 3.63) is 17.0 Å². The number of ether oxygens (including phenoxy) is 1. The average molecular weight is 258 g/mol. The first kappa shape index (κ1) is 14.2. The number of halogens is 1. The first-order valence-corrected chi connectivity index (χ1v) is 6.30. The molecule has 1 heterocycles. The smallest absolute Gasteiger partial charge is 0.218 e. The van der Waals surface area contributed by atoms with Gasteiger partial charge in [-0.05, 0) is 26.9 Å². The Morgan fingerprint density at radius 2 is 2.12 bits per heavy atom. The number of rotatable bonds is 7. The van der Waals surface area contributed by atoms with Gasteiger partial charge in [0.05, 0.1) is 6.61 Å². The Hall–Kier alpha value is -0.870. The third kappa shape index (κ3) is 5.84. The third-order valence-corrected chi connectivity index (χ3v) is 2.38. The van der Waals surface area contributed by atoms with Gasteiger partial charge >= 0.3 is 0 Å². The molecule has 0 bridgehead atoms. The van der Waals surface area contributed by atoms with Crippen LogP contribution in [0.15, 0.2) is 6.07 Å². The largest absolute Gasteiger partial charge is 0.477 e. The molecule has 1 rings (SSSR count). The monoisotopic (exact) mass is 257 g/mol. The van der Waals surface area contributed by atoms with Gasteiger partial charge in [-0.15, -0.1) is 0 Å². The van der Waals surface area contributed by atoms with Gasteiger partial charge in [-0.3, -0.25) is 0 Å². The number of aromatic nitrogens is 2. The van der Waals surface area contributed by atoms with Gasteiger partial charge in [0.1, 0.15) is 11.0 Å². The number of nitrogens with zero attached hydrogens (tertiary/aromatic N) is 3. The van der Waals surface area contributed by atoms with Crippen molar-refractivity contribution < 1.29 is 4.74 Å². The average Bonchev–Trinajstić information content (AvgIpc) is 2.24. The van der Waals surface area contributed by atoms with Gasteiger partial charge in [0.2, 0.25) is 5.88 Å². The second-order valence-electron chi connectivity index (χ2n) is 4.20. The van der Waals surface area contributed by atoms with Crippen LogP contribution in [0.4, 0.5) is 0 Å². The topological polar surface area (TPSA) is 38.2 Å². The van der Waals surface area contributed by atoms with Gasteiger partial charge in [0, 0.05) is 19.0 Å². The van der Waals surface area contributed by atoms with Gasteiger partial charge in [0.15, 0.2) is 0 Å². The second-order valence-corrected chi connectivity index (χ2v) is 4.59. The number of hydrogen-bond donors (Lipinski definition) is 0. The maximum atomic E-state index is 5.91. The molecule has 0 spiro atoms. The Labute approximate surface area is 108 Å². The summed E-state index contributed by atoms with van der Waals surface area (Å²) in [5.74, 6) is 1.33. The van der Waals surface area contributed by atoms with E-state index in [-0.39, 0.29) is 0 Å². The van der Waals surface area contributed by atoms with Crippen LogP contribution in [0, 0.1) is 0 Å². The lowest BCUT2D eigenvalue weighted by atomic mass is 10.3. The molecule has 0 radical (unpaired) electrons. The van der Waals surface area contributed by atoms with Crippen LogP contribution in [0.2, 0.25) is 5.15 Å². The van der Waals surface area contributed by atoms with Crippen LogP contribution in [0.5, 0.6) is 5.88 Å². The van der Waals surface area contributed by atoms with Crippen LogP contribution >= 0.6 is 11.6 Å². The van der Waals surface area contributed by atoms with Crippen molar-refractivity contribution in [2.45, 2.75) is 26.2 Å². The summed E-state index contributed by atoms with van der Waals surface area (Å²) in [6.07, 6.45) is 2.80. The van der Waals surface area contributed by atoms with Gasteiger partial charge < -0.3 is 9.64 Å². The van der Waals surface area contributed by atoms with Crippen LogP contribution in [-0.2, 0) is 6.42 Å². The van der Waals surface area contributed by atoms with Crippen molar-refractivity contribution in [1.29, 1.82) is 0 Å². The zero-order valence-corrected chi connectivity index (χ0v) is 11.5. The van der Waals surface area contributed by atoms with Crippen molar-refractivity contribution in [1.82, 2.24) is 14.9 Å². The van der Waals surface area contributed by atoms with Gasteiger partial charge in [-0.25, -0.2) is 4.98 Å². The number of aryl methyl sites for hydroxylation is 1. The molecule has 0 atom stereocenters. The minimum absolute atomic E-state index is 0.450. The van der Waals surface area contributed by atoms with Crippen molar-refractivity contribution in [3.63, 3.8) is 0 Å².